The summed E-state index contributed by atoms with van der Waals surface area (Å²) < 4.78 is 0. The molecule has 0 spiro atoms. The highest BCUT2D eigenvalue weighted by atomic mass is 32.2. The quantitative estimate of drug-likeness (QED) is 0.389. The van der Waals surface area contributed by atoms with Gasteiger partial charge in [0.15, 0.2) is 0 Å². The van der Waals surface area contributed by atoms with E-state index in [0.29, 0.717) is 0 Å². The van der Waals surface area contributed by atoms with Gasteiger partial charge in [0.2, 0.25) is 0 Å². The molecule has 0 aromatic rings. The third-order valence-corrected chi connectivity index (χ3v) is 8.74. The largest absolute Gasteiger partial charge is 0.393 e. The smallest absolute Gasteiger partial charge is 0.0602 e. The summed E-state index contributed by atoms with van der Waals surface area (Å²) in [5.41, 5.74) is 0.180. The number of thioether (sulfide) groups is 4. The van der Waals surface area contributed by atoms with E-state index in [0.717, 1.165) is 46.0 Å². The van der Waals surface area contributed by atoms with E-state index in [1.807, 2.05) is 67.8 Å². The summed E-state index contributed by atoms with van der Waals surface area (Å²) in [5, 5.41) is 28.6. The van der Waals surface area contributed by atoms with Crippen molar-refractivity contribution in [1.82, 2.24) is 0 Å². The van der Waals surface area contributed by atoms with Gasteiger partial charge in [-0.3, -0.25) is 0 Å². The fourth-order valence-electron chi connectivity index (χ4n) is 1.91. The fraction of sp³-hybridized carbons (Fsp3) is 1.00. The Balaban J connectivity index is 4.71. The van der Waals surface area contributed by atoms with Crippen LogP contribution in [-0.2, 0) is 0 Å². The van der Waals surface area contributed by atoms with E-state index in [-0.39, 0.29) is 23.7 Å². The minimum Gasteiger partial charge on any atom is -0.393 e. The average Bonchev–Trinajstić information content (AvgIpc) is 2.43. The normalized spacial score (nSPS) is 18.4. The summed E-state index contributed by atoms with van der Waals surface area (Å²) in [5.74, 6) is 7.54. The molecule has 3 nitrogen and oxygen atoms in total. The Morgan fingerprint density at radius 3 is 1.22 bits per heavy atom. The molecule has 7 heteroatoms. The van der Waals surface area contributed by atoms with E-state index < -0.39 is 0 Å². The van der Waals surface area contributed by atoms with Crippen LogP contribution in [0, 0.1) is 5.41 Å². The second-order valence-electron chi connectivity index (χ2n) is 6.23. The second-order valence-corrected chi connectivity index (χ2v) is 10.6. The van der Waals surface area contributed by atoms with Crippen molar-refractivity contribution >= 4 is 47.0 Å². The van der Waals surface area contributed by atoms with Gasteiger partial charge in [0.05, 0.1) is 18.3 Å². The molecule has 3 atom stereocenters. The summed E-state index contributed by atoms with van der Waals surface area (Å²) in [6.07, 6.45) is -0.815. The highest BCUT2D eigenvalue weighted by Crippen LogP contribution is 2.35. The summed E-state index contributed by atoms with van der Waals surface area (Å²) in [6.45, 7) is 7.68. The van der Waals surface area contributed by atoms with Crippen molar-refractivity contribution in [1.29, 1.82) is 0 Å². The van der Waals surface area contributed by atoms with Gasteiger partial charge in [0, 0.05) is 45.7 Å². The van der Waals surface area contributed by atoms with Gasteiger partial charge < -0.3 is 15.3 Å². The average molecular weight is 403 g/mol. The maximum atomic E-state index is 9.52. The molecule has 0 aliphatic heterocycles. The van der Waals surface area contributed by atoms with Crippen molar-refractivity contribution in [2.75, 3.05) is 46.0 Å². The molecule has 0 rings (SSSR count). The van der Waals surface area contributed by atoms with Crippen LogP contribution in [0.5, 0.6) is 0 Å². The van der Waals surface area contributed by atoms with E-state index in [2.05, 4.69) is 6.92 Å². The number of aliphatic hydroxyl groups is 3. The second kappa shape index (κ2) is 14.4. The van der Waals surface area contributed by atoms with Crippen LogP contribution in [0.3, 0.4) is 0 Å². The van der Waals surface area contributed by atoms with Crippen LogP contribution in [0.25, 0.3) is 0 Å². The predicted molar refractivity (Wildman–Crippen MR) is 112 cm³/mol. The van der Waals surface area contributed by atoms with Crippen LogP contribution < -0.4 is 0 Å². The van der Waals surface area contributed by atoms with Crippen molar-refractivity contribution in [2.45, 2.75) is 46.0 Å². The van der Waals surface area contributed by atoms with E-state index in [9.17, 15) is 15.3 Å². The van der Waals surface area contributed by atoms with Crippen LogP contribution in [0.1, 0.15) is 27.7 Å². The van der Waals surface area contributed by atoms with Gasteiger partial charge in [-0.2, -0.15) is 47.0 Å². The minimum absolute atomic E-state index is 0.180. The van der Waals surface area contributed by atoms with Gasteiger partial charge in [-0.25, -0.2) is 0 Å². The molecule has 0 amide bonds. The molecule has 0 aromatic heterocycles. The highest BCUT2D eigenvalue weighted by molar-refractivity contribution is 8.02. The Morgan fingerprint density at radius 2 is 0.957 bits per heavy atom. The molecule has 0 heterocycles. The van der Waals surface area contributed by atoms with E-state index >= 15 is 0 Å². The van der Waals surface area contributed by atoms with Gasteiger partial charge >= 0.3 is 0 Å². The van der Waals surface area contributed by atoms with Gasteiger partial charge in [-0.1, -0.05) is 6.92 Å². The highest BCUT2D eigenvalue weighted by Gasteiger charge is 2.30. The molecule has 0 aliphatic rings. The van der Waals surface area contributed by atoms with Crippen LogP contribution >= 0.6 is 47.0 Å². The SMILES string of the molecule is CCSCC(CSCC(C)O)(CSCC(C)O)CSCC(C)O. The van der Waals surface area contributed by atoms with Gasteiger partial charge in [0.25, 0.3) is 0 Å². The third kappa shape index (κ3) is 14.2. The topological polar surface area (TPSA) is 60.7 Å². The molecule has 0 saturated carbocycles. The molecule has 3 unspecified atom stereocenters. The lowest BCUT2D eigenvalue weighted by Gasteiger charge is -2.33. The molecule has 0 aliphatic carbocycles. The maximum Gasteiger partial charge on any atom is 0.0602 e. The van der Waals surface area contributed by atoms with E-state index in [1.54, 1.807) is 0 Å². The first-order chi connectivity index (χ1) is 10.8. The summed E-state index contributed by atoms with van der Waals surface area (Å²) >= 11 is 7.43. The van der Waals surface area contributed by atoms with Crippen LogP contribution in [-0.4, -0.2) is 79.7 Å². The standard InChI is InChI=1S/C16H34O3S4/c1-5-20-9-16(10-21-6-13(2)17,11-22-7-14(3)18)12-23-8-15(4)19/h13-15,17-19H,5-12H2,1-4H3. The van der Waals surface area contributed by atoms with Crippen molar-refractivity contribution in [3.05, 3.63) is 0 Å². The summed E-state index contributed by atoms with van der Waals surface area (Å²) in [4.78, 5) is 0. The Labute approximate surface area is 159 Å². The molecule has 0 saturated heterocycles. The molecule has 23 heavy (non-hydrogen) atoms. The van der Waals surface area contributed by atoms with E-state index in [4.69, 9.17) is 0 Å². The number of rotatable bonds is 15. The zero-order valence-corrected chi connectivity index (χ0v) is 18.1. The fourth-order valence-corrected chi connectivity index (χ4v) is 7.22. The summed E-state index contributed by atoms with van der Waals surface area (Å²) in [7, 11) is 0. The Bertz CT molecular complexity index is 240. The van der Waals surface area contributed by atoms with Gasteiger partial charge in [0.1, 0.15) is 0 Å². The van der Waals surface area contributed by atoms with Gasteiger partial charge in [-0.15, -0.1) is 0 Å². The monoisotopic (exact) mass is 402 g/mol. The van der Waals surface area contributed by atoms with Crippen LogP contribution in [0.4, 0.5) is 0 Å². The minimum atomic E-state index is -0.272. The number of hydrogen-bond acceptors (Lipinski definition) is 7. The first kappa shape index (κ1) is 24.3. The lowest BCUT2D eigenvalue weighted by atomic mass is 9.99. The van der Waals surface area contributed by atoms with Crippen LogP contribution in [0.2, 0.25) is 0 Å². The van der Waals surface area contributed by atoms with Crippen molar-refractivity contribution in [3.8, 4) is 0 Å². The maximum absolute atomic E-state index is 9.52. The predicted octanol–water partition coefficient (Wildman–Crippen LogP) is 3.07. The van der Waals surface area contributed by atoms with E-state index in [1.165, 1.54) is 0 Å². The zero-order valence-electron chi connectivity index (χ0n) is 14.9. The molecule has 0 bridgehead atoms. The number of hydrogen-bond donors (Lipinski definition) is 3. The Morgan fingerprint density at radius 1 is 0.652 bits per heavy atom. The van der Waals surface area contributed by atoms with Crippen LogP contribution in [0.15, 0.2) is 0 Å². The third-order valence-electron chi connectivity index (χ3n) is 2.91. The van der Waals surface area contributed by atoms with Crippen molar-refractivity contribution in [3.63, 3.8) is 0 Å². The molecule has 140 valence electrons. The molecular formula is C16H34O3S4. The molecule has 3 N–H and O–H groups in total. The lowest BCUT2D eigenvalue weighted by molar-refractivity contribution is 0.220. The van der Waals surface area contributed by atoms with Crippen molar-refractivity contribution < 1.29 is 15.3 Å². The molecular weight excluding hydrogens is 368 g/mol. The molecule has 0 radical (unpaired) electrons. The summed E-state index contributed by atoms with van der Waals surface area (Å²) in [6, 6.07) is 0. The number of aliphatic hydroxyl groups excluding tert-OH is 3. The van der Waals surface area contributed by atoms with Gasteiger partial charge in [-0.05, 0) is 26.5 Å². The molecule has 0 fully saturated rings. The molecule has 0 aromatic carbocycles. The first-order valence-electron chi connectivity index (χ1n) is 8.16. The van der Waals surface area contributed by atoms with Crippen molar-refractivity contribution in [2.24, 2.45) is 5.41 Å². The Kier molecular flexibility index (Phi) is 15.3. The first-order valence-corrected chi connectivity index (χ1v) is 12.8. The Hall–Kier alpha value is 1.28. The zero-order chi connectivity index (χ0) is 17.7. The lowest BCUT2D eigenvalue weighted by Crippen LogP contribution is -2.34.